The Morgan fingerprint density at radius 1 is 1.03 bits per heavy atom. The number of ether oxygens (including phenoxy) is 1. The Balaban J connectivity index is 1.40. The third-order valence-electron chi connectivity index (χ3n) is 6.50. The Hall–Kier alpha value is -2.38. The fourth-order valence-electron chi connectivity index (χ4n) is 4.46. The average molecular weight is 457 g/mol. The van der Waals surface area contributed by atoms with E-state index in [4.69, 9.17) is 4.74 Å². The highest BCUT2D eigenvalue weighted by molar-refractivity contribution is 7.89. The highest BCUT2D eigenvalue weighted by Crippen LogP contribution is 2.36. The van der Waals surface area contributed by atoms with Crippen LogP contribution < -0.4 is 0 Å². The van der Waals surface area contributed by atoms with Crippen LogP contribution in [-0.4, -0.2) is 49.0 Å². The number of hydrogen-bond acceptors (Lipinski definition) is 4. The van der Waals surface area contributed by atoms with E-state index in [0.717, 1.165) is 11.1 Å². The number of benzene rings is 2. The Morgan fingerprint density at radius 2 is 1.69 bits per heavy atom. The zero-order chi connectivity index (χ0) is 23.1. The largest absolute Gasteiger partial charge is 0.441 e. The number of carbonyl (C=O) groups excluding carboxylic acids is 1. The maximum atomic E-state index is 13.0. The molecule has 32 heavy (non-hydrogen) atoms. The molecule has 0 atom stereocenters. The Bertz CT molecular complexity index is 1100. The van der Waals surface area contributed by atoms with Crippen molar-refractivity contribution < 1.29 is 17.9 Å². The molecule has 0 aliphatic carbocycles. The van der Waals surface area contributed by atoms with E-state index in [1.165, 1.54) is 9.87 Å². The average Bonchev–Trinajstić information content (AvgIpc) is 3.02. The summed E-state index contributed by atoms with van der Waals surface area (Å²) in [5, 5.41) is 0. The third kappa shape index (κ3) is 4.55. The van der Waals surface area contributed by atoms with Crippen LogP contribution in [0.25, 0.3) is 0 Å². The van der Waals surface area contributed by atoms with Gasteiger partial charge in [0.25, 0.3) is 0 Å². The maximum Gasteiger partial charge on any atom is 0.410 e. The van der Waals surface area contributed by atoms with Crippen molar-refractivity contribution in [3.8, 4) is 0 Å². The first-order valence-corrected chi connectivity index (χ1v) is 12.6. The van der Waals surface area contributed by atoms with Gasteiger partial charge in [0.15, 0.2) is 0 Å². The normalized spacial score (nSPS) is 19.4. The molecule has 4 rings (SSSR count). The van der Waals surface area contributed by atoms with Crippen LogP contribution in [0.15, 0.2) is 53.4 Å². The molecule has 2 heterocycles. The van der Waals surface area contributed by atoms with E-state index in [1.54, 1.807) is 23.1 Å². The van der Waals surface area contributed by atoms with Crippen molar-refractivity contribution >= 4 is 16.1 Å². The summed E-state index contributed by atoms with van der Waals surface area (Å²) < 4.78 is 33.3. The van der Waals surface area contributed by atoms with Crippen LogP contribution in [0.5, 0.6) is 0 Å². The van der Waals surface area contributed by atoms with Gasteiger partial charge in [-0.2, -0.15) is 4.31 Å². The van der Waals surface area contributed by atoms with Gasteiger partial charge in [-0.15, -0.1) is 0 Å². The van der Waals surface area contributed by atoms with Crippen molar-refractivity contribution in [1.29, 1.82) is 0 Å². The minimum atomic E-state index is -3.54. The molecule has 2 aliphatic heterocycles. The Morgan fingerprint density at radius 3 is 2.28 bits per heavy atom. The summed E-state index contributed by atoms with van der Waals surface area (Å²) in [6.45, 7) is 10.1. The molecule has 0 aromatic heterocycles. The number of aryl methyl sites for hydroxylation is 1. The van der Waals surface area contributed by atoms with Crippen molar-refractivity contribution in [2.24, 2.45) is 0 Å². The van der Waals surface area contributed by atoms with Gasteiger partial charge in [0, 0.05) is 32.5 Å². The molecule has 2 saturated heterocycles. The molecule has 0 N–H and O–H groups in total. The summed E-state index contributed by atoms with van der Waals surface area (Å²) in [7, 11) is -3.54. The van der Waals surface area contributed by atoms with E-state index in [0.29, 0.717) is 43.9 Å². The van der Waals surface area contributed by atoms with Gasteiger partial charge < -0.3 is 4.74 Å². The summed E-state index contributed by atoms with van der Waals surface area (Å²) in [6, 6.07) is 15.3. The quantitative estimate of drug-likeness (QED) is 0.681. The molecule has 2 aromatic rings. The van der Waals surface area contributed by atoms with Gasteiger partial charge in [-0.05, 0) is 41.2 Å². The topological polar surface area (TPSA) is 66.9 Å². The van der Waals surface area contributed by atoms with Crippen LogP contribution in [0.3, 0.4) is 0 Å². The molecule has 2 aromatic carbocycles. The standard InChI is InChI=1S/C25H32N2O4S/c1-19-6-5-7-22(16-19)32(29,30)27-14-12-25(13-15-27)18-26(23(28)31-25)17-20-8-10-21(11-9-20)24(2,3)4/h5-11,16H,12-15,17-18H2,1-4H3. The lowest BCUT2D eigenvalue weighted by atomic mass is 9.86. The van der Waals surface area contributed by atoms with E-state index < -0.39 is 15.6 Å². The third-order valence-corrected chi connectivity index (χ3v) is 8.39. The van der Waals surface area contributed by atoms with Gasteiger partial charge in [0.05, 0.1) is 11.4 Å². The summed E-state index contributed by atoms with van der Waals surface area (Å²) in [5.74, 6) is 0. The number of nitrogens with zero attached hydrogens (tertiary/aromatic N) is 2. The predicted octanol–water partition coefficient (Wildman–Crippen LogP) is 4.47. The number of piperidine rings is 1. The smallest absolute Gasteiger partial charge is 0.410 e. The lowest BCUT2D eigenvalue weighted by Gasteiger charge is -2.36. The van der Waals surface area contributed by atoms with E-state index >= 15 is 0 Å². The second-order valence-electron chi connectivity index (χ2n) is 10.1. The molecule has 1 amide bonds. The van der Waals surface area contributed by atoms with Crippen LogP contribution in [0.2, 0.25) is 0 Å². The zero-order valence-electron chi connectivity index (χ0n) is 19.3. The monoisotopic (exact) mass is 456 g/mol. The van der Waals surface area contributed by atoms with Gasteiger partial charge in [-0.3, -0.25) is 4.90 Å². The van der Waals surface area contributed by atoms with Gasteiger partial charge in [-0.25, -0.2) is 13.2 Å². The molecule has 0 radical (unpaired) electrons. The van der Waals surface area contributed by atoms with E-state index in [9.17, 15) is 13.2 Å². The van der Waals surface area contributed by atoms with Crippen LogP contribution in [-0.2, 0) is 26.7 Å². The molecule has 2 fully saturated rings. The summed E-state index contributed by atoms with van der Waals surface area (Å²) in [4.78, 5) is 14.6. The van der Waals surface area contributed by atoms with E-state index in [2.05, 4.69) is 45.0 Å². The number of hydrogen-bond donors (Lipinski definition) is 0. The van der Waals surface area contributed by atoms with Crippen molar-refractivity contribution in [2.45, 2.75) is 63.0 Å². The molecular formula is C25H32N2O4S. The second kappa shape index (κ2) is 8.19. The maximum absolute atomic E-state index is 13.0. The highest BCUT2D eigenvalue weighted by Gasteiger charge is 2.48. The van der Waals surface area contributed by atoms with Crippen LogP contribution >= 0.6 is 0 Å². The van der Waals surface area contributed by atoms with Gasteiger partial charge in [0.1, 0.15) is 5.60 Å². The fourth-order valence-corrected chi connectivity index (χ4v) is 6.01. The minimum Gasteiger partial charge on any atom is -0.441 e. The van der Waals surface area contributed by atoms with E-state index in [1.807, 2.05) is 13.0 Å². The molecule has 172 valence electrons. The second-order valence-corrected chi connectivity index (χ2v) is 12.0. The molecule has 0 saturated carbocycles. The Kier molecular flexibility index (Phi) is 5.84. The zero-order valence-corrected chi connectivity index (χ0v) is 20.1. The van der Waals surface area contributed by atoms with Crippen molar-refractivity contribution in [3.05, 3.63) is 65.2 Å². The molecule has 0 bridgehead atoms. The SMILES string of the molecule is Cc1cccc(S(=O)(=O)N2CCC3(CC2)CN(Cc2ccc(C(C)(C)C)cc2)C(=O)O3)c1. The lowest BCUT2D eigenvalue weighted by molar-refractivity contribution is 0.0172. The summed E-state index contributed by atoms with van der Waals surface area (Å²) >= 11 is 0. The van der Waals surface area contributed by atoms with Gasteiger partial charge >= 0.3 is 6.09 Å². The number of rotatable bonds is 4. The van der Waals surface area contributed by atoms with Gasteiger partial charge in [0.2, 0.25) is 10.0 Å². The van der Waals surface area contributed by atoms with Crippen molar-refractivity contribution in [2.75, 3.05) is 19.6 Å². The van der Waals surface area contributed by atoms with Gasteiger partial charge in [-0.1, -0.05) is 57.2 Å². The summed E-state index contributed by atoms with van der Waals surface area (Å²) in [6.07, 6.45) is 0.687. The summed E-state index contributed by atoms with van der Waals surface area (Å²) in [5.41, 5.74) is 2.70. The predicted molar refractivity (Wildman–Crippen MR) is 124 cm³/mol. The van der Waals surface area contributed by atoms with Crippen molar-refractivity contribution in [3.63, 3.8) is 0 Å². The lowest BCUT2D eigenvalue weighted by Crippen LogP contribution is -2.48. The fraction of sp³-hybridized carbons (Fsp3) is 0.480. The number of amides is 1. The van der Waals surface area contributed by atoms with Crippen LogP contribution in [0.4, 0.5) is 4.79 Å². The minimum absolute atomic E-state index is 0.0852. The first-order valence-electron chi connectivity index (χ1n) is 11.1. The van der Waals surface area contributed by atoms with Crippen molar-refractivity contribution in [1.82, 2.24) is 9.21 Å². The highest BCUT2D eigenvalue weighted by atomic mass is 32.2. The molecule has 1 spiro atoms. The van der Waals surface area contributed by atoms with E-state index in [-0.39, 0.29) is 11.5 Å². The van der Waals surface area contributed by atoms with Crippen LogP contribution in [0.1, 0.15) is 50.3 Å². The molecular weight excluding hydrogens is 424 g/mol. The molecule has 0 unspecified atom stereocenters. The molecule has 2 aliphatic rings. The number of sulfonamides is 1. The Labute approximate surface area is 191 Å². The van der Waals surface area contributed by atoms with Crippen LogP contribution in [0, 0.1) is 6.92 Å². The first kappa shape index (κ1) is 22.8. The first-order chi connectivity index (χ1) is 15.0. The molecule has 6 nitrogen and oxygen atoms in total. The molecule has 7 heteroatoms. The number of carbonyl (C=O) groups is 1.